The third kappa shape index (κ3) is 8.42. The van der Waals surface area contributed by atoms with Crippen LogP contribution in [0.15, 0.2) is 85.6 Å². The SMILES string of the molecule is C=CC(=C)CC(C)NCc1ccc(-c2cccc(-c3ccn[nH]3)c2)cc1.O=C(O)C(F)(F)F. The van der Waals surface area contributed by atoms with Gasteiger partial charge >= 0.3 is 12.1 Å². The average molecular weight is 457 g/mol. The number of nitrogens with one attached hydrogen (secondary N) is 2. The minimum atomic E-state index is -5.08. The molecule has 0 amide bonds. The van der Waals surface area contributed by atoms with Crippen LogP contribution in [0.1, 0.15) is 18.9 Å². The summed E-state index contributed by atoms with van der Waals surface area (Å²) in [4.78, 5) is 8.90. The van der Waals surface area contributed by atoms with E-state index < -0.39 is 12.1 Å². The number of alkyl halides is 3. The smallest absolute Gasteiger partial charge is 0.475 e. The van der Waals surface area contributed by atoms with E-state index in [1.165, 1.54) is 16.7 Å². The standard InChI is InChI=1S/C23H25N3.C2HF3O2/c1-4-17(2)14-18(3)24-16-19-8-10-20(11-9-19)21-6-5-7-22(15-21)23-12-13-25-26-23;3-2(4,5)1(6)7/h4-13,15,18,24H,1-2,14,16H2,3H3,(H,25,26);(H,6,7). The van der Waals surface area contributed by atoms with E-state index in [2.05, 4.69) is 84.1 Å². The average Bonchev–Trinajstić information content (AvgIpc) is 3.33. The molecule has 0 radical (unpaired) electrons. The summed E-state index contributed by atoms with van der Waals surface area (Å²) < 4.78 is 31.7. The number of aromatic amines is 1. The van der Waals surface area contributed by atoms with E-state index in [0.717, 1.165) is 29.8 Å². The van der Waals surface area contributed by atoms with Crippen molar-refractivity contribution in [1.82, 2.24) is 15.5 Å². The molecule has 3 rings (SSSR count). The Morgan fingerprint density at radius 2 is 1.79 bits per heavy atom. The molecule has 1 atom stereocenters. The molecule has 33 heavy (non-hydrogen) atoms. The molecule has 0 saturated heterocycles. The molecule has 0 bridgehead atoms. The second-order valence-electron chi connectivity index (χ2n) is 7.40. The van der Waals surface area contributed by atoms with Gasteiger partial charge in [0.15, 0.2) is 0 Å². The van der Waals surface area contributed by atoms with Gasteiger partial charge < -0.3 is 10.4 Å². The lowest BCUT2D eigenvalue weighted by Gasteiger charge is -2.14. The Hall–Kier alpha value is -3.65. The van der Waals surface area contributed by atoms with Crippen molar-refractivity contribution in [3.05, 3.63) is 91.2 Å². The van der Waals surface area contributed by atoms with E-state index >= 15 is 0 Å². The number of rotatable bonds is 8. The van der Waals surface area contributed by atoms with Gasteiger partial charge in [-0.05, 0) is 42.2 Å². The van der Waals surface area contributed by atoms with Gasteiger partial charge in [-0.25, -0.2) is 4.79 Å². The zero-order chi connectivity index (χ0) is 24.4. The van der Waals surface area contributed by atoms with Crippen LogP contribution in [-0.4, -0.2) is 33.5 Å². The Bertz CT molecular complexity index is 1060. The minimum Gasteiger partial charge on any atom is -0.475 e. The first-order valence-electron chi connectivity index (χ1n) is 10.1. The molecule has 174 valence electrons. The third-order valence-corrected chi connectivity index (χ3v) is 4.72. The first kappa shape index (κ1) is 25.6. The van der Waals surface area contributed by atoms with Gasteiger partial charge in [0.1, 0.15) is 0 Å². The van der Waals surface area contributed by atoms with Crippen molar-refractivity contribution < 1.29 is 23.1 Å². The normalized spacial score (nSPS) is 11.8. The zero-order valence-electron chi connectivity index (χ0n) is 18.2. The van der Waals surface area contributed by atoms with E-state index in [9.17, 15) is 13.2 Å². The van der Waals surface area contributed by atoms with Crippen molar-refractivity contribution in [1.29, 1.82) is 0 Å². The maximum absolute atomic E-state index is 10.6. The number of carboxylic acids is 1. The van der Waals surface area contributed by atoms with Crippen LogP contribution in [0.2, 0.25) is 0 Å². The van der Waals surface area contributed by atoms with Crippen molar-refractivity contribution in [2.45, 2.75) is 32.1 Å². The molecule has 1 unspecified atom stereocenters. The number of allylic oxidation sites excluding steroid dienone is 1. The maximum atomic E-state index is 10.6. The van der Waals surface area contributed by atoms with Crippen LogP contribution >= 0.6 is 0 Å². The van der Waals surface area contributed by atoms with Gasteiger partial charge in [-0.1, -0.05) is 67.3 Å². The Labute approximate surface area is 190 Å². The van der Waals surface area contributed by atoms with Crippen LogP contribution in [-0.2, 0) is 11.3 Å². The Kier molecular flexibility index (Phi) is 9.18. The number of nitrogens with zero attached hydrogens (tertiary/aromatic N) is 1. The zero-order valence-corrected chi connectivity index (χ0v) is 18.2. The van der Waals surface area contributed by atoms with Crippen LogP contribution < -0.4 is 5.32 Å². The van der Waals surface area contributed by atoms with Crippen LogP contribution in [0.25, 0.3) is 22.4 Å². The topological polar surface area (TPSA) is 78.0 Å². The van der Waals surface area contributed by atoms with Gasteiger partial charge in [-0.2, -0.15) is 18.3 Å². The fraction of sp³-hybridized carbons (Fsp3) is 0.200. The van der Waals surface area contributed by atoms with Gasteiger partial charge in [-0.15, -0.1) is 0 Å². The highest BCUT2D eigenvalue weighted by Crippen LogP contribution is 2.25. The van der Waals surface area contributed by atoms with Crippen LogP contribution in [0, 0.1) is 0 Å². The largest absolute Gasteiger partial charge is 0.490 e. The molecule has 0 spiro atoms. The highest BCUT2D eigenvalue weighted by molar-refractivity contribution is 5.73. The van der Waals surface area contributed by atoms with Crippen molar-refractivity contribution in [2.75, 3.05) is 0 Å². The van der Waals surface area contributed by atoms with Crippen molar-refractivity contribution >= 4 is 5.97 Å². The number of carbonyl (C=O) groups is 1. The molecule has 0 fully saturated rings. The molecule has 0 saturated carbocycles. The molecule has 3 N–H and O–H groups in total. The molecule has 0 aliphatic heterocycles. The summed E-state index contributed by atoms with van der Waals surface area (Å²) in [6, 6.07) is 19.6. The predicted octanol–water partition coefficient (Wildman–Crippen LogP) is 5.99. The van der Waals surface area contributed by atoms with Crippen molar-refractivity contribution in [3.8, 4) is 22.4 Å². The molecule has 2 aromatic carbocycles. The van der Waals surface area contributed by atoms with E-state index in [1.807, 2.05) is 12.1 Å². The molecule has 0 aliphatic carbocycles. The van der Waals surface area contributed by atoms with Crippen molar-refractivity contribution in [2.24, 2.45) is 0 Å². The Morgan fingerprint density at radius 3 is 2.33 bits per heavy atom. The number of halogens is 3. The summed E-state index contributed by atoms with van der Waals surface area (Å²) in [6.45, 7) is 10.8. The number of hydrogen-bond donors (Lipinski definition) is 3. The molecule has 8 heteroatoms. The van der Waals surface area contributed by atoms with Crippen LogP contribution in [0.3, 0.4) is 0 Å². The van der Waals surface area contributed by atoms with Gasteiger partial charge in [0, 0.05) is 24.3 Å². The second-order valence-corrected chi connectivity index (χ2v) is 7.40. The highest BCUT2D eigenvalue weighted by Gasteiger charge is 2.38. The number of H-pyrrole nitrogens is 1. The van der Waals surface area contributed by atoms with Gasteiger partial charge in [0.25, 0.3) is 0 Å². The summed E-state index contributed by atoms with van der Waals surface area (Å²) in [6.07, 6.45) is -0.568. The first-order chi connectivity index (χ1) is 15.6. The van der Waals surface area contributed by atoms with Crippen LogP contribution in [0.5, 0.6) is 0 Å². The molecule has 3 aromatic rings. The molecule has 0 aliphatic rings. The number of benzene rings is 2. The monoisotopic (exact) mass is 457 g/mol. The lowest BCUT2D eigenvalue weighted by Crippen LogP contribution is -2.25. The molecule has 5 nitrogen and oxygen atoms in total. The molecular formula is C25H26F3N3O2. The molecular weight excluding hydrogens is 431 g/mol. The summed E-state index contributed by atoms with van der Waals surface area (Å²) in [5.74, 6) is -2.76. The van der Waals surface area contributed by atoms with E-state index in [1.54, 1.807) is 6.20 Å². The predicted molar refractivity (Wildman–Crippen MR) is 123 cm³/mol. The van der Waals surface area contributed by atoms with Crippen molar-refractivity contribution in [3.63, 3.8) is 0 Å². The van der Waals surface area contributed by atoms with Gasteiger partial charge in [0.2, 0.25) is 0 Å². The summed E-state index contributed by atoms with van der Waals surface area (Å²) in [5.41, 5.74) is 6.92. The summed E-state index contributed by atoms with van der Waals surface area (Å²) in [7, 11) is 0. The molecule has 1 aromatic heterocycles. The van der Waals surface area contributed by atoms with Crippen LogP contribution in [0.4, 0.5) is 13.2 Å². The second kappa shape index (κ2) is 11.8. The number of aromatic nitrogens is 2. The lowest BCUT2D eigenvalue weighted by molar-refractivity contribution is -0.192. The number of carboxylic acid groups (broad SMARTS) is 1. The lowest BCUT2D eigenvalue weighted by atomic mass is 10.0. The van der Waals surface area contributed by atoms with E-state index in [-0.39, 0.29) is 0 Å². The Morgan fingerprint density at radius 1 is 1.15 bits per heavy atom. The highest BCUT2D eigenvalue weighted by atomic mass is 19.4. The summed E-state index contributed by atoms with van der Waals surface area (Å²) >= 11 is 0. The van der Waals surface area contributed by atoms with E-state index in [0.29, 0.717) is 6.04 Å². The number of hydrogen-bond acceptors (Lipinski definition) is 3. The Balaban J connectivity index is 0.000000479. The third-order valence-electron chi connectivity index (χ3n) is 4.72. The maximum Gasteiger partial charge on any atom is 0.490 e. The fourth-order valence-corrected chi connectivity index (χ4v) is 2.94. The minimum absolute atomic E-state index is 0.381. The first-order valence-corrected chi connectivity index (χ1v) is 10.1. The fourth-order valence-electron chi connectivity index (χ4n) is 2.94. The number of aliphatic carboxylic acids is 1. The quantitative estimate of drug-likeness (QED) is 0.363. The summed E-state index contributed by atoms with van der Waals surface area (Å²) in [5, 5.41) is 17.7. The van der Waals surface area contributed by atoms with Gasteiger partial charge in [0.05, 0.1) is 5.69 Å². The van der Waals surface area contributed by atoms with Gasteiger partial charge in [-0.3, -0.25) is 5.10 Å². The van der Waals surface area contributed by atoms with E-state index in [4.69, 9.17) is 9.90 Å². The molecule has 1 heterocycles.